The molecule has 5 rings (SSSR count). The van der Waals surface area contributed by atoms with Crippen molar-refractivity contribution in [1.82, 2.24) is 10.2 Å². The van der Waals surface area contributed by atoms with E-state index in [0.29, 0.717) is 30.0 Å². The number of carbonyl (C=O) groups is 3. The quantitative estimate of drug-likeness (QED) is 0.322. The van der Waals surface area contributed by atoms with Crippen LogP contribution < -0.4 is 16.0 Å². The molecule has 4 heterocycles. The maximum absolute atomic E-state index is 15.9. The number of aliphatic hydroxyl groups excluding tert-OH is 1. The molecule has 3 saturated heterocycles. The molecule has 38 heavy (non-hydrogen) atoms. The van der Waals surface area contributed by atoms with Crippen molar-refractivity contribution >= 4 is 37.5 Å². The number of ether oxygens (including phenoxy) is 1. The Labute approximate surface area is 224 Å². The van der Waals surface area contributed by atoms with Gasteiger partial charge in [-0.1, -0.05) is 6.92 Å². The smallest absolute Gasteiger partial charge is 0.261 e. The summed E-state index contributed by atoms with van der Waals surface area (Å²) in [4.78, 5) is 41.4. The zero-order chi connectivity index (χ0) is 27.2. The molecule has 1 unspecified atom stereocenters. The normalized spacial score (nSPS) is 32.9. The predicted molar refractivity (Wildman–Crippen MR) is 144 cm³/mol. The molecule has 6 atom stereocenters. The van der Waals surface area contributed by atoms with Gasteiger partial charge < -0.3 is 34.8 Å². The molecule has 0 bridgehead atoms. The molecule has 11 heteroatoms. The average Bonchev–Trinajstić information content (AvgIpc) is 3.55. The van der Waals surface area contributed by atoms with Crippen LogP contribution in [0.15, 0.2) is 18.2 Å². The number of hydrogen-bond acceptors (Lipinski definition) is 6. The Kier molecular flexibility index (Phi) is 7.40. The molecule has 4 aliphatic rings. The maximum Gasteiger partial charge on any atom is 0.261 e. The van der Waals surface area contributed by atoms with Crippen molar-refractivity contribution in [3.63, 3.8) is 0 Å². The van der Waals surface area contributed by atoms with Gasteiger partial charge in [-0.3, -0.25) is 14.4 Å². The van der Waals surface area contributed by atoms with Crippen molar-refractivity contribution in [1.29, 1.82) is 0 Å². The van der Waals surface area contributed by atoms with E-state index < -0.39 is 31.6 Å². The molecule has 0 saturated carbocycles. The Bertz CT molecular complexity index is 1110. The number of piperidine rings is 1. The Morgan fingerprint density at radius 3 is 2.76 bits per heavy atom. The fourth-order valence-corrected chi connectivity index (χ4v) is 9.60. The summed E-state index contributed by atoms with van der Waals surface area (Å²) in [6.45, 7) is 7.02. The van der Waals surface area contributed by atoms with E-state index in [0.717, 1.165) is 32.2 Å². The SMILES string of the molecule is C[C@H]1[C@H]([Si](C)(C)F)[C@@H](CC(=O)N2CCC[C@H]2CO)O[C@]12C(=O)Nc1ccc(NC(=O)C3CCCNC3)cc12. The van der Waals surface area contributed by atoms with Gasteiger partial charge in [0.1, 0.15) is 0 Å². The number of likely N-dealkylation sites (tertiary alicyclic amines) is 1. The highest BCUT2D eigenvalue weighted by atomic mass is 28.4. The largest absolute Gasteiger partial charge is 0.394 e. The zero-order valence-corrected chi connectivity index (χ0v) is 23.4. The van der Waals surface area contributed by atoms with Crippen LogP contribution in [0.5, 0.6) is 0 Å². The van der Waals surface area contributed by atoms with Crippen molar-refractivity contribution in [3.8, 4) is 0 Å². The van der Waals surface area contributed by atoms with Crippen LogP contribution in [0.1, 0.15) is 44.6 Å². The number of benzene rings is 1. The molecule has 0 aromatic heterocycles. The first-order chi connectivity index (χ1) is 18.1. The van der Waals surface area contributed by atoms with Crippen LogP contribution in [0.2, 0.25) is 18.6 Å². The summed E-state index contributed by atoms with van der Waals surface area (Å²) in [6, 6.07) is 5.02. The van der Waals surface area contributed by atoms with Gasteiger partial charge in [0.2, 0.25) is 20.2 Å². The Hall–Kier alpha value is -2.34. The summed E-state index contributed by atoms with van der Waals surface area (Å²) in [7, 11) is -3.39. The highest BCUT2D eigenvalue weighted by molar-refractivity contribution is 6.72. The van der Waals surface area contributed by atoms with Crippen molar-refractivity contribution in [2.45, 2.75) is 75.4 Å². The van der Waals surface area contributed by atoms with Crippen LogP contribution >= 0.6 is 0 Å². The van der Waals surface area contributed by atoms with Crippen molar-refractivity contribution in [3.05, 3.63) is 23.8 Å². The fourth-order valence-electron chi connectivity index (χ4n) is 7.11. The second kappa shape index (κ2) is 10.3. The number of hydrogen-bond donors (Lipinski definition) is 4. The summed E-state index contributed by atoms with van der Waals surface area (Å²) < 4.78 is 22.4. The van der Waals surface area contributed by atoms with E-state index in [-0.39, 0.29) is 42.7 Å². The highest BCUT2D eigenvalue weighted by Gasteiger charge is 2.65. The third kappa shape index (κ3) is 4.67. The lowest BCUT2D eigenvalue weighted by molar-refractivity contribution is -0.148. The molecular formula is C27H39FN4O5Si. The van der Waals surface area contributed by atoms with E-state index in [2.05, 4.69) is 16.0 Å². The minimum Gasteiger partial charge on any atom is -0.394 e. The Morgan fingerprint density at radius 2 is 2.08 bits per heavy atom. The summed E-state index contributed by atoms with van der Waals surface area (Å²) in [5.41, 5.74) is -0.340. The lowest BCUT2D eigenvalue weighted by Crippen LogP contribution is -2.42. The standard InChI is InChI=1S/C27H39FN4O5Si/c1-16-24(38(2,3)28)22(13-23(34)32-11-5-7-19(32)15-33)37-27(16)20-12-18(8-9-21(20)31-26(27)36)30-25(35)17-6-4-10-29-14-17/h8-9,12,16-17,19,22,24,29,33H,4-7,10-11,13-15H2,1-3H3,(H,30,35)(H,31,36)/t16-,17?,19-,22+,24-,27+/m0/s1. The summed E-state index contributed by atoms with van der Waals surface area (Å²) >= 11 is 0. The number of rotatable bonds is 6. The minimum absolute atomic E-state index is 0.0404. The number of anilines is 2. The number of nitrogens with one attached hydrogen (secondary N) is 3. The van der Waals surface area contributed by atoms with E-state index in [1.165, 1.54) is 0 Å². The fraction of sp³-hybridized carbons (Fsp3) is 0.667. The van der Waals surface area contributed by atoms with Crippen LogP contribution in [-0.2, 0) is 24.7 Å². The molecule has 1 aromatic carbocycles. The maximum atomic E-state index is 15.9. The van der Waals surface area contributed by atoms with Crippen LogP contribution in [0, 0.1) is 11.8 Å². The van der Waals surface area contributed by atoms with E-state index in [4.69, 9.17) is 4.74 Å². The number of amides is 3. The van der Waals surface area contributed by atoms with Gasteiger partial charge in [0.25, 0.3) is 5.91 Å². The van der Waals surface area contributed by atoms with Gasteiger partial charge in [0.05, 0.1) is 31.1 Å². The molecular weight excluding hydrogens is 507 g/mol. The topological polar surface area (TPSA) is 120 Å². The van der Waals surface area contributed by atoms with Gasteiger partial charge >= 0.3 is 0 Å². The Balaban J connectivity index is 1.44. The van der Waals surface area contributed by atoms with Crippen LogP contribution in [0.3, 0.4) is 0 Å². The Morgan fingerprint density at radius 1 is 1.29 bits per heavy atom. The molecule has 3 fully saturated rings. The first-order valence-corrected chi connectivity index (χ1v) is 16.8. The van der Waals surface area contributed by atoms with Crippen LogP contribution in [0.4, 0.5) is 15.5 Å². The first-order valence-electron chi connectivity index (χ1n) is 13.8. The van der Waals surface area contributed by atoms with Crippen molar-refractivity contribution in [2.24, 2.45) is 11.8 Å². The van der Waals surface area contributed by atoms with Gasteiger partial charge in [-0.15, -0.1) is 0 Å². The first kappa shape index (κ1) is 27.2. The number of halogens is 1. The van der Waals surface area contributed by atoms with Crippen LogP contribution in [-0.4, -0.2) is 74.5 Å². The molecule has 0 aliphatic carbocycles. The summed E-state index contributed by atoms with van der Waals surface area (Å²) in [5.74, 6) is -1.27. The molecule has 1 spiro atoms. The average molecular weight is 547 g/mol. The molecule has 4 aliphatic heterocycles. The predicted octanol–water partition coefficient (Wildman–Crippen LogP) is 2.73. The molecule has 208 valence electrons. The molecule has 4 N–H and O–H groups in total. The van der Waals surface area contributed by atoms with Crippen molar-refractivity contribution in [2.75, 3.05) is 36.9 Å². The number of fused-ring (bicyclic) bond motifs is 2. The molecule has 0 radical (unpaired) electrons. The molecule has 9 nitrogen and oxygen atoms in total. The van der Waals surface area contributed by atoms with E-state index in [1.807, 2.05) is 6.92 Å². The lowest BCUT2D eigenvalue weighted by Gasteiger charge is -2.31. The second-order valence-corrected chi connectivity index (χ2v) is 15.6. The zero-order valence-electron chi connectivity index (χ0n) is 22.4. The van der Waals surface area contributed by atoms with Gasteiger partial charge in [-0.25, -0.2) is 0 Å². The monoisotopic (exact) mass is 546 g/mol. The van der Waals surface area contributed by atoms with Crippen molar-refractivity contribution < 1.29 is 28.3 Å². The van der Waals surface area contributed by atoms with E-state index in [9.17, 15) is 19.5 Å². The number of carbonyl (C=O) groups excluding carboxylic acids is 3. The summed E-state index contributed by atoms with van der Waals surface area (Å²) in [6.07, 6.45) is 2.50. The minimum atomic E-state index is -3.39. The summed E-state index contributed by atoms with van der Waals surface area (Å²) in [5, 5.41) is 18.8. The van der Waals surface area contributed by atoms with Gasteiger partial charge in [-0.05, 0) is 63.5 Å². The van der Waals surface area contributed by atoms with E-state index >= 15 is 4.11 Å². The number of aliphatic hydroxyl groups is 1. The van der Waals surface area contributed by atoms with Crippen LogP contribution in [0.25, 0.3) is 0 Å². The molecule has 3 amide bonds. The van der Waals surface area contributed by atoms with Gasteiger partial charge in [0, 0.05) is 41.5 Å². The van der Waals surface area contributed by atoms with E-state index in [1.54, 1.807) is 36.2 Å². The highest BCUT2D eigenvalue weighted by Crippen LogP contribution is 2.59. The lowest BCUT2D eigenvalue weighted by atomic mass is 9.82. The third-order valence-electron chi connectivity index (χ3n) is 8.93. The number of nitrogens with zero attached hydrogens (tertiary/aromatic N) is 1. The second-order valence-electron chi connectivity index (χ2n) is 11.8. The molecule has 1 aromatic rings. The van der Waals surface area contributed by atoms with Gasteiger partial charge in [0.15, 0.2) is 5.60 Å². The van der Waals surface area contributed by atoms with Gasteiger partial charge in [-0.2, -0.15) is 0 Å². The third-order valence-corrected chi connectivity index (χ3v) is 11.4.